The van der Waals surface area contributed by atoms with Gasteiger partial charge in [-0.25, -0.2) is 12.8 Å². The quantitative estimate of drug-likeness (QED) is 0.774. The van der Waals surface area contributed by atoms with Crippen LogP contribution in [0.1, 0.15) is 24.0 Å². The van der Waals surface area contributed by atoms with Crippen molar-refractivity contribution in [1.82, 2.24) is 0 Å². The zero-order valence-corrected chi connectivity index (χ0v) is 14.7. The molecular formula is C18H17F4NO2S. The molecule has 26 heavy (non-hydrogen) atoms. The van der Waals surface area contributed by atoms with Crippen LogP contribution >= 0.6 is 0 Å². The molecule has 1 N–H and O–H groups in total. The van der Waals surface area contributed by atoms with E-state index in [9.17, 15) is 26.0 Å². The average molecular weight is 387 g/mol. The number of hydrogen-bond donors (Lipinski definition) is 1. The predicted octanol–water partition coefficient (Wildman–Crippen LogP) is 4.39. The second-order valence-corrected chi connectivity index (χ2v) is 8.61. The van der Waals surface area contributed by atoms with E-state index in [4.69, 9.17) is 0 Å². The lowest BCUT2D eigenvalue weighted by Gasteiger charge is -2.20. The SMILES string of the molecule is CS(=O)(=O)c1ccccc1NCC1(c2cc(F)cc(C(F)(F)F)c2)CC1. The maximum Gasteiger partial charge on any atom is 0.416 e. The fraction of sp³-hybridized carbons (Fsp3) is 0.333. The first-order chi connectivity index (χ1) is 12.0. The fourth-order valence-corrected chi connectivity index (χ4v) is 3.84. The van der Waals surface area contributed by atoms with Gasteiger partial charge in [-0.05, 0) is 48.7 Å². The fourth-order valence-electron chi connectivity index (χ4n) is 2.98. The molecule has 1 aliphatic carbocycles. The lowest BCUT2D eigenvalue weighted by atomic mass is 9.93. The van der Waals surface area contributed by atoms with Gasteiger partial charge in [0.1, 0.15) is 5.82 Å². The van der Waals surface area contributed by atoms with Crippen molar-refractivity contribution in [3.63, 3.8) is 0 Å². The molecule has 0 amide bonds. The summed E-state index contributed by atoms with van der Waals surface area (Å²) in [5.41, 5.74) is -0.995. The minimum absolute atomic E-state index is 0.117. The number of para-hydroxylation sites is 1. The molecule has 0 aromatic heterocycles. The van der Waals surface area contributed by atoms with Gasteiger partial charge >= 0.3 is 6.18 Å². The maximum atomic E-state index is 13.7. The largest absolute Gasteiger partial charge is 0.416 e. The molecule has 0 atom stereocenters. The molecule has 0 heterocycles. The minimum Gasteiger partial charge on any atom is -0.383 e. The van der Waals surface area contributed by atoms with Crippen LogP contribution in [-0.2, 0) is 21.4 Å². The molecule has 2 aromatic rings. The first-order valence-corrected chi connectivity index (χ1v) is 9.82. The van der Waals surface area contributed by atoms with E-state index in [1.165, 1.54) is 6.07 Å². The van der Waals surface area contributed by atoms with Crippen LogP contribution in [0.15, 0.2) is 47.4 Å². The van der Waals surface area contributed by atoms with Crippen LogP contribution in [0.3, 0.4) is 0 Å². The van der Waals surface area contributed by atoms with Crippen molar-refractivity contribution >= 4 is 15.5 Å². The third kappa shape index (κ3) is 3.85. The highest BCUT2D eigenvalue weighted by atomic mass is 32.2. The van der Waals surface area contributed by atoms with Gasteiger partial charge < -0.3 is 5.32 Å². The van der Waals surface area contributed by atoms with Gasteiger partial charge in [-0.1, -0.05) is 12.1 Å². The highest BCUT2D eigenvalue weighted by molar-refractivity contribution is 7.90. The Bertz CT molecular complexity index is 934. The third-order valence-electron chi connectivity index (χ3n) is 4.59. The van der Waals surface area contributed by atoms with E-state index < -0.39 is 32.8 Å². The lowest BCUT2D eigenvalue weighted by Crippen LogP contribution is -2.21. The summed E-state index contributed by atoms with van der Waals surface area (Å²) in [4.78, 5) is 0.117. The van der Waals surface area contributed by atoms with Crippen LogP contribution in [0.4, 0.5) is 23.2 Å². The molecule has 140 valence electrons. The van der Waals surface area contributed by atoms with Crippen molar-refractivity contribution in [3.05, 3.63) is 59.4 Å². The van der Waals surface area contributed by atoms with Crippen LogP contribution < -0.4 is 5.32 Å². The molecule has 0 unspecified atom stereocenters. The maximum absolute atomic E-state index is 13.7. The summed E-state index contributed by atoms with van der Waals surface area (Å²) < 4.78 is 76.2. The average Bonchev–Trinajstić information content (AvgIpc) is 3.32. The summed E-state index contributed by atoms with van der Waals surface area (Å²) in [6, 6.07) is 8.89. The molecule has 0 aliphatic heterocycles. The van der Waals surface area contributed by atoms with Crippen molar-refractivity contribution in [3.8, 4) is 0 Å². The molecule has 8 heteroatoms. The Kier molecular flexibility index (Phi) is 4.50. The first-order valence-electron chi connectivity index (χ1n) is 7.93. The molecular weight excluding hydrogens is 370 g/mol. The Morgan fingerprint density at radius 2 is 1.77 bits per heavy atom. The van der Waals surface area contributed by atoms with Gasteiger partial charge in [-0.15, -0.1) is 0 Å². The summed E-state index contributed by atoms with van der Waals surface area (Å²) in [6.07, 6.45) is -2.34. The second kappa shape index (κ2) is 6.26. The van der Waals surface area contributed by atoms with Gasteiger partial charge in [-0.3, -0.25) is 0 Å². The molecule has 1 saturated carbocycles. The van der Waals surface area contributed by atoms with Crippen molar-refractivity contribution in [2.75, 3.05) is 18.1 Å². The van der Waals surface area contributed by atoms with Gasteiger partial charge in [-0.2, -0.15) is 13.2 Å². The number of halogens is 4. The molecule has 0 spiro atoms. The third-order valence-corrected chi connectivity index (χ3v) is 5.75. The highest BCUT2D eigenvalue weighted by Gasteiger charge is 2.45. The number of sulfone groups is 1. The van der Waals surface area contributed by atoms with Gasteiger partial charge in [0.15, 0.2) is 9.84 Å². The Morgan fingerprint density at radius 1 is 1.12 bits per heavy atom. The molecule has 1 fully saturated rings. The van der Waals surface area contributed by atoms with Crippen LogP contribution in [-0.4, -0.2) is 21.2 Å². The Hall–Kier alpha value is -2.09. The number of hydrogen-bond acceptors (Lipinski definition) is 3. The van der Waals surface area contributed by atoms with Crippen LogP contribution in [0.25, 0.3) is 0 Å². The minimum atomic E-state index is -4.62. The zero-order chi connectivity index (χ0) is 19.2. The Morgan fingerprint density at radius 3 is 2.35 bits per heavy atom. The summed E-state index contributed by atoms with van der Waals surface area (Å²) in [5.74, 6) is -0.933. The monoisotopic (exact) mass is 387 g/mol. The van der Waals surface area contributed by atoms with Crippen molar-refractivity contribution in [1.29, 1.82) is 0 Å². The van der Waals surface area contributed by atoms with E-state index in [-0.39, 0.29) is 17.0 Å². The number of alkyl halides is 3. The first kappa shape index (κ1) is 18.7. The van der Waals surface area contributed by atoms with E-state index in [2.05, 4.69) is 5.32 Å². The van der Waals surface area contributed by atoms with Gasteiger partial charge in [0.05, 0.1) is 16.1 Å². The topological polar surface area (TPSA) is 46.2 Å². The molecule has 3 rings (SSSR count). The molecule has 0 saturated heterocycles. The van der Waals surface area contributed by atoms with Crippen LogP contribution in [0, 0.1) is 5.82 Å². The molecule has 1 aliphatic rings. The van der Waals surface area contributed by atoms with E-state index in [0.29, 0.717) is 24.6 Å². The van der Waals surface area contributed by atoms with Crippen molar-refractivity contribution in [2.24, 2.45) is 0 Å². The van der Waals surface area contributed by atoms with E-state index in [1.807, 2.05) is 0 Å². The van der Waals surface area contributed by atoms with E-state index in [1.54, 1.807) is 18.2 Å². The Balaban J connectivity index is 1.88. The summed E-state index contributed by atoms with van der Waals surface area (Å²) in [7, 11) is -3.45. The summed E-state index contributed by atoms with van der Waals surface area (Å²) in [5, 5.41) is 3.02. The molecule has 2 aromatic carbocycles. The highest BCUT2D eigenvalue weighted by Crippen LogP contribution is 2.49. The van der Waals surface area contributed by atoms with E-state index in [0.717, 1.165) is 18.4 Å². The molecule has 0 bridgehead atoms. The number of benzene rings is 2. The van der Waals surface area contributed by atoms with E-state index >= 15 is 0 Å². The molecule has 3 nitrogen and oxygen atoms in total. The summed E-state index contributed by atoms with van der Waals surface area (Å²) in [6.45, 7) is 0.223. The second-order valence-electron chi connectivity index (χ2n) is 6.63. The van der Waals surface area contributed by atoms with Gasteiger partial charge in [0.25, 0.3) is 0 Å². The van der Waals surface area contributed by atoms with Crippen LogP contribution in [0.2, 0.25) is 0 Å². The predicted molar refractivity (Wildman–Crippen MR) is 90.4 cm³/mol. The lowest BCUT2D eigenvalue weighted by molar-refractivity contribution is -0.137. The Labute approximate surface area is 149 Å². The van der Waals surface area contributed by atoms with Crippen molar-refractivity contribution in [2.45, 2.75) is 29.3 Å². The zero-order valence-electron chi connectivity index (χ0n) is 13.9. The van der Waals surface area contributed by atoms with Gasteiger partial charge in [0.2, 0.25) is 0 Å². The number of nitrogens with one attached hydrogen (secondary N) is 1. The van der Waals surface area contributed by atoms with Crippen LogP contribution in [0.5, 0.6) is 0 Å². The standard InChI is InChI=1S/C18H17F4NO2S/c1-26(24,25)16-5-3-2-4-15(16)23-11-17(6-7-17)12-8-13(18(20,21)22)10-14(19)9-12/h2-5,8-10,23H,6-7,11H2,1H3. The summed E-state index contributed by atoms with van der Waals surface area (Å²) >= 11 is 0. The number of anilines is 1. The number of rotatable bonds is 5. The van der Waals surface area contributed by atoms with Gasteiger partial charge in [0, 0.05) is 18.2 Å². The molecule has 0 radical (unpaired) electrons. The van der Waals surface area contributed by atoms with Crippen molar-refractivity contribution < 1.29 is 26.0 Å². The normalized spacial score (nSPS) is 16.3. The smallest absolute Gasteiger partial charge is 0.383 e.